The minimum Gasteiger partial charge on any atom is -0.375 e. The van der Waals surface area contributed by atoms with Crippen molar-refractivity contribution in [1.29, 1.82) is 0 Å². The first-order valence-corrected chi connectivity index (χ1v) is 17.1. The number of fused-ring (bicyclic) bond motifs is 11. The molecule has 2 aliphatic rings. The van der Waals surface area contributed by atoms with Crippen LogP contribution in [0.3, 0.4) is 0 Å². The highest BCUT2D eigenvalue weighted by Crippen LogP contribution is 2.48. The van der Waals surface area contributed by atoms with Gasteiger partial charge in [-0.3, -0.25) is 0 Å². The van der Waals surface area contributed by atoms with E-state index in [9.17, 15) is 0 Å². The van der Waals surface area contributed by atoms with Crippen molar-refractivity contribution in [2.45, 2.75) is 0 Å². The average Bonchev–Trinajstić information content (AvgIpc) is 3.68. The molecule has 2 aromatic heterocycles. The summed E-state index contributed by atoms with van der Waals surface area (Å²) in [5.41, 5.74) is 16.8. The second-order valence-electron chi connectivity index (χ2n) is 13.7. The molecule has 8 aromatic carbocycles. The van der Waals surface area contributed by atoms with E-state index < -0.39 is 0 Å². The smallest absolute Gasteiger partial charge is 0.329 e. The van der Waals surface area contributed by atoms with Crippen LogP contribution in [0, 0.1) is 0 Å². The lowest BCUT2D eigenvalue weighted by Gasteiger charge is -2.32. The molecule has 0 N–H and O–H groups in total. The molecule has 12 rings (SSSR count). The summed E-state index contributed by atoms with van der Waals surface area (Å²) in [6.07, 6.45) is 0. The Kier molecular flexibility index (Phi) is 4.82. The van der Waals surface area contributed by atoms with Gasteiger partial charge in [-0.05, 0) is 80.4 Å². The lowest BCUT2D eigenvalue weighted by Crippen LogP contribution is -2.53. The van der Waals surface area contributed by atoms with Crippen molar-refractivity contribution in [2.75, 3.05) is 0 Å². The summed E-state index contributed by atoms with van der Waals surface area (Å²) in [7, 11) is 0. The van der Waals surface area contributed by atoms with E-state index in [-0.39, 0.29) is 6.85 Å². The molecule has 0 amide bonds. The molecule has 0 unspecified atom stereocenters. The van der Waals surface area contributed by atoms with Crippen LogP contribution in [-0.2, 0) is 0 Å². The average molecular weight is 619 g/mol. The van der Waals surface area contributed by atoms with Crippen molar-refractivity contribution in [3.63, 3.8) is 0 Å². The van der Waals surface area contributed by atoms with Crippen LogP contribution in [0.5, 0.6) is 0 Å². The second kappa shape index (κ2) is 9.18. The van der Waals surface area contributed by atoms with Gasteiger partial charge in [-0.2, -0.15) is 0 Å². The van der Waals surface area contributed by atoms with Gasteiger partial charge in [0, 0.05) is 49.4 Å². The zero-order valence-electron chi connectivity index (χ0n) is 26.6. The van der Waals surface area contributed by atoms with Crippen molar-refractivity contribution >= 4 is 72.2 Å². The van der Waals surface area contributed by atoms with E-state index >= 15 is 0 Å². The largest absolute Gasteiger partial charge is 0.375 e. The molecule has 0 radical (unpaired) electrons. The normalized spacial score (nSPS) is 12.9. The molecule has 2 aliphatic heterocycles. The lowest BCUT2D eigenvalue weighted by molar-refractivity contribution is 1.18. The number of aromatic nitrogens is 2. The first-order valence-electron chi connectivity index (χ1n) is 17.1. The van der Waals surface area contributed by atoms with Gasteiger partial charge in [-0.15, -0.1) is 0 Å². The minimum absolute atomic E-state index is 0.120. The van der Waals surface area contributed by atoms with Crippen molar-refractivity contribution in [3.8, 4) is 39.1 Å². The SMILES string of the molecule is c1ccc2c(c1)B1c3ccccc3-c3cc(-n4c5ccccc5c5ccccc54)cc4c5cc(-c6cccc7ccccc67)cc-2c5n1c34. The van der Waals surface area contributed by atoms with Crippen molar-refractivity contribution in [2.24, 2.45) is 0 Å². The number of rotatable bonds is 2. The molecule has 0 spiro atoms. The van der Waals surface area contributed by atoms with Gasteiger partial charge in [-0.1, -0.05) is 127 Å². The molecule has 2 nitrogen and oxygen atoms in total. The molecule has 10 aromatic rings. The van der Waals surface area contributed by atoms with Gasteiger partial charge in [0.2, 0.25) is 0 Å². The van der Waals surface area contributed by atoms with Crippen molar-refractivity contribution in [1.82, 2.24) is 9.05 Å². The summed E-state index contributed by atoms with van der Waals surface area (Å²) in [6.45, 7) is 0.120. The highest BCUT2D eigenvalue weighted by molar-refractivity contribution is 6.88. The Bertz CT molecular complexity index is 3010. The quantitative estimate of drug-likeness (QED) is 0.171. The van der Waals surface area contributed by atoms with Gasteiger partial charge in [0.25, 0.3) is 0 Å². The maximum Gasteiger partial charge on any atom is 0.329 e. The van der Waals surface area contributed by atoms with E-state index in [1.165, 1.54) is 104 Å². The highest BCUT2D eigenvalue weighted by atomic mass is 15.0. The van der Waals surface area contributed by atoms with Crippen LogP contribution >= 0.6 is 0 Å². The van der Waals surface area contributed by atoms with Gasteiger partial charge in [0.15, 0.2) is 0 Å². The van der Waals surface area contributed by atoms with Crippen LogP contribution in [0.4, 0.5) is 0 Å². The predicted octanol–water partition coefficient (Wildman–Crippen LogP) is 10.3. The van der Waals surface area contributed by atoms with Crippen LogP contribution in [-0.4, -0.2) is 15.9 Å². The Labute approximate surface area is 283 Å². The Hall–Kier alpha value is -6.32. The molecular formula is C46H27BN2. The maximum absolute atomic E-state index is 2.67. The van der Waals surface area contributed by atoms with E-state index in [0.29, 0.717) is 0 Å². The number of benzene rings is 8. The molecule has 0 bridgehead atoms. The molecule has 0 atom stereocenters. The molecule has 3 heteroatoms. The third kappa shape index (κ3) is 3.22. The molecular weight excluding hydrogens is 591 g/mol. The van der Waals surface area contributed by atoms with E-state index in [1.807, 2.05) is 0 Å². The number of para-hydroxylation sites is 2. The summed E-state index contributed by atoms with van der Waals surface area (Å²) >= 11 is 0. The molecule has 224 valence electrons. The fourth-order valence-corrected chi connectivity index (χ4v) is 9.33. The monoisotopic (exact) mass is 618 g/mol. The molecule has 0 saturated heterocycles. The fourth-order valence-electron chi connectivity index (χ4n) is 9.33. The summed E-state index contributed by atoms with van der Waals surface area (Å²) in [4.78, 5) is 0. The van der Waals surface area contributed by atoms with Crippen molar-refractivity contribution in [3.05, 3.63) is 164 Å². The van der Waals surface area contributed by atoms with E-state index in [1.54, 1.807) is 0 Å². The Morgan fingerprint density at radius 3 is 1.61 bits per heavy atom. The number of nitrogens with zero attached hydrogens (tertiary/aromatic N) is 2. The highest BCUT2D eigenvalue weighted by Gasteiger charge is 2.39. The van der Waals surface area contributed by atoms with Gasteiger partial charge < -0.3 is 9.05 Å². The van der Waals surface area contributed by atoms with Gasteiger partial charge in [0.05, 0.1) is 11.0 Å². The van der Waals surface area contributed by atoms with Gasteiger partial charge in [-0.25, -0.2) is 0 Å². The third-order valence-electron chi connectivity index (χ3n) is 11.3. The zero-order chi connectivity index (χ0) is 31.8. The van der Waals surface area contributed by atoms with E-state index in [4.69, 9.17) is 0 Å². The Balaban J connectivity index is 1.29. The van der Waals surface area contributed by atoms with Crippen LogP contribution in [0.2, 0.25) is 0 Å². The predicted molar refractivity (Wildman–Crippen MR) is 208 cm³/mol. The summed E-state index contributed by atoms with van der Waals surface area (Å²) in [6, 6.07) is 61.2. The minimum atomic E-state index is 0.120. The number of hydrogen-bond donors (Lipinski definition) is 0. The van der Waals surface area contributed by atoms with E-state index in [0.717, 1.165) is 0 Å². The summed E-state index contributed by atoms with van der Waals surface area (Å²) in [5.74, 6) is 0. The first-order chi connectivity index (χ1) is 24.3. The maximum atomic E-state index is 2.67. The topological polar surface area (TPSA) is 9.86 Å². The summed E-state index contributed by atoms with van der Waals surface area (Å²) in [5, 5.41) is 7.73. The van der Waals surface area contributed by atoms with Crippen LogP contribution in [0.1, 0.15) is 0 Å². The van der Waals surface area contributed by atoms with Crippen LogP contribution in [0.25, 0.3) is 93.5 Å². The standard InChI is InChI=1S/C46H27BN2/c1-2-14-31-28(12-1)13-11-19-32(31)29-24-37-33-15-3-7-20-41(33)47-42-21-8-4-16-34(42)39-26-30(27-40-38(25-29)45(37)49(47)46(39)40)48-43-22-9-5-17-35(43)36-18-6-10-23-44(36)48/h1-27H. The third-order valence-corrected chi connectivity index (χ3v) is 11.3. The van der Waals surface area contributed by atoms with Gasteiger partial charge in [0.1, 0.15) is 0 Å². The van der Waals surface area contributed by atoms with Gasteiger partial charge >= 0.3 is 6.85 Å². The molecule has 4 heterocycles. The lowest BCUT2D eigenvalue weighted by atomic mass is 9.45. The zero-order valence-corrected chi connectivity index (χ0v) is 26.6. The van der Waals surface area contributed by atoms with E-state index in [2.05, 4.69) is 173 Å². The first kappa shape index (κ1) is 25.7. The Morgan fingerprint density at radius 2 is 0.898 bits per heavy atom. The fraction of sp³-hybridized carbons (Fsp3) is 0. The Morgan fingerprint density at radius 1 is 0.367 bits per heavy atom. The van der Waals surface area contributed by atoms with Crippen LogP contribution in [0.15, 0.2) is 164 Å². The molecule has 49 heavy (non-hydrogen) atoms. The second-order valence-corrected chi connectivity index (χ2v) is 13.7. The number of hydrogen-bond acceptors (Lipinski definition) is 0. The van der Waals surface area contributed by atoms with Crippen molar-refractivity contribution < 1.29 is 0 Å². The molecule has 0 saturated carbocycles. The summed E-state index contributed by atoms with van der Waals surface area (Å²) < 4.78 is 5.14. The molecule has 0 fully saturated rings. The van der Waals surface area contributed by atoms with Crippen LogP contribution < -0.4 is 10.9 Å². The molecule has 0 aliphatic carbocycles.